The van der Waals surface area contributed by atoms with Crippen LogP contribution >= 0.6 is 0 Å². The molecule has 0 aliphatic carbocycles. The molecule has 0 radical (unpaired) electrons. The first-order valence-corrected chi connectivity index (χ1v) is 5.76. The Labute approximate surface area is 109 Å². The fourth-order valence-corrected chi connectivity index (χ4v) is 1.71. The van der Waals surface area contributed by atoms with E-state index in [1.165, 1.54) is 18.2 Å². The minimum absolute atomic E-state index is 0.0819. The van der Waals surface area contributed by atoms with Crippen molar-refractivity contribution >= 4 is 11.5 Å². The molecule has 1 aliphatic rings. The average Bonchev–Trinajstić information content (AvgIpc) is 2.37. The van der Waals surface area contributed by atoms with Gasteiger partial charge in [0.05, 0.1) is 12.1 Å². The van der Waals surface area contributed by atoms with E-state index < -0.39 is 12.5 Å². The molecule has 104 valence electrons. The topological polar surface area (TPSA) is 82.9 Å². The second-order valence-electron chi connectivity index (χ2n) is 4.17. The molecule has 0 fully saturated rings. The van der Waals surface area contributed by atoms with Crippen LogP contribution in [-0.2, 0) is 10.7 Å². The molecule has 0 saturated heterocycles. The van der Waals surface area contributed by atoms with Gasteiger partial charge < -0.3 is 20.9 Å². The van der Waals surface area contributed by atoms with Crippen LogP contribution < -0.4 is 16.2 Å². The summed E-state index contributed by atoms with van der Waals surface area (Å²) in [5, 5.41) is 0. The van der Waals surface area contributed by atoms with Gasteiger partial charge in [0, 0.05) is 5.69 Å². The number of alkyl halides is 2. The molecule has 7 heteroatoms. The van der Waals surface area contributed by atoms with Gasteiger partial charge in [-0.05, 0) is 18.2 Å². The quantitative estimate of drug-likeness (QED) is 0.693. The number of hydrogen-bond acceptors (Lipinski definition) is 5. The molecule has 0 aromatic heterocycles. The molecular formula is C12H15F2N3O2. The highest BCUT2D eigenvalue weighted by molar-refractivity contribution is 5.81. The zero-order valence-corrected chi connectivity index (χ0v) is 10.2. The molecule has 1 aromatic carbocycles. The number of halogens is 2. The Morgan fingerprint density at radius 1 is 1.26 bits per heavy atom. The van der Waals surface area contributed by atoms with Crippen molar-refractivity contribution in [3.63, 3.8) is 0 Å². The highest BCUT2D eigenvalue weighted by Crippen LogP contribution is 2.36. The van der Waals surface area contributed by atoms with Crippen LogP contribution in [0.15, 0.2) is 23.2 Å². The molecule has 0 amide bonds. The molecule has 2 rings (SSSR count). The van der Waals surface area contributed by atoms with Gasteiger partial charge in [-0.15, -0.1) is 0 Å². The van der Waals surface area contributed by atoms with Crippen molar-refractivity contribution in [1.29, 1.82) is 0 Å². The van der Waals surface area contributed by atoms with E-state index in [1.54, 1.807) is 0 Å². The maximum absolute atomic E-state index is 14.0. The Bertz CT molecular complexity index is 492. The number of hydrogen-bond donors (Lipinski definition) is 2. The number of nitrogens with zero attached hydrogens (tertiary/aromatic N) is 1. The Morgan fingerprint density at radius 2 is 2.05 bits per heavy atom. The highest BCUT2D eigenvalue weighted by Gasteiger charge is 2.35. The number of fused-ring (bicyclic) bond motifs is 1. The third-order valence-corrected chi connectivity index (χ3v) is 2.59. The summed E-state index contributed by atoms with van der Waals surface area (Å²) >= 11 is 0. The van der Waals surface area contributed by atoms with Gasteiger partial charge in [0.25, 0.3) is 5.92 Å². The number of aliphatic imine (C=N–C) groups is 1. The summed E-state index contributed by atoms with van der Waals surface area (Å²) in [4.78, 5) is 3.94. The Morgan fingerprint density at radius 3 is 2.84 bits per heavy atom. The monoisotopic (exact) mass is 271 g/mol. The lowest BCUT2D eigenvalue weighted by Gasteiger charge is -2.20. The van der Waals surface area contributed by atoms with Gasteiger partial charge in [-0.25, -0.2) is 0 Å². The summed E-state index contributed by atoms with van der Waals surface area (Å²) in [6, 6.07) is 4.12. The number of anilines is 1. The Balaban J connectivity index is 2.33. The summed E-state index contributed by atoms with van der Waals surface area (Å²) < 4.78 is 38.3. The number of ether oxygens (including phenoxy) is 2. The highest BCUT2D eigenvalue weighted by atomic mass is 19.3. The predicted octanol–water partition coefficient (Wildman–Crippen LogP) is 1.13. The van der Waals surface area contributed by atoms with Crippen LogP contribution in [-0.4, -0.2) is 32.2 Å². The molecule has 0 spiro atoms. The van der Waals surface area contributed by atoms with E-state index in [-0.39, 0.29) is 42.6 Å². The summed E-state index contributed by atoms with van der Waals surface area (Å²) in [6.07, 6.45) is 0. The van der Waals surface area contributed by atoms with Crippen molar-refractivity contribution in [3.8, 4) is 5.75 Å². The molecule has 19 heavy (non-hydrogen) atoms. The van der Waals surface area contributed by atoms with E-state index in [0.29, 0.717) is 0 Å². The Hall–Kier alpha value is -1.89. The fraction of sp³-hybridized carbons (Fsp3) is 0.417. The van der Waals surface area contributed by atoms with E-state index in [9.17, 15) is 8.78 Å². The van der Waals surface area contributed by atoms with E-state index in [2.05, 4.69) is 4.99 Å². The summed E-state index contributed by atoms with van der Waals surface area (Å²) in [5.41, 5.74) is 11.0. The van der Waals surface area contributed by atoms with Gasteiger partial charge in [-0.2, -0.15) is 8.78 Å². The number of rotatable bonds is 0. The molecule has 1 aliphatic heterocycles. The smallest absolute Gasteiger partial charge is 0.299 e. The van der Waals surface area contributed by atoms with Crippen LogP contribution in [0.5, 0.6) is 5.75 Å². The van der Waals surface area contributed by atoms with Gasteiger partial charge in [0.2, 0.25) is 0 Å². The maximum atomic E-state index is 14.0. The van der Waals surface area contributed by atoms with Crippen LogP contribution in [0.3, 0.4) is 0 Å². The molecule has 0 unspecified atom stereocenters. The zero-order valence-electron chi connectivity index (χ0n) is 10.2. The number of amidine groups is 1. The lowest BCUT2D eigenvalue weighted by atomic mass is 10.1. The van der Waals surface area contributed by atoms with Gasteiger partial charge in [0.15, 0.2) is 0 Å². The van der Waals surface area contributed by atoms with Crippen LogP contribution in [0.4, 0.5) is 14.5 Å². The number of nitrogens with two attached hydrogens (primary N) is 2. The van der Waals surface area contributed by atoms with E-state index in [4.69, 9.17) is 20.9 Å². The fourth-order valence-electron chi connectivity index (χ4n) is 1.71. The largest absolute Gasteiger partial charge is 0.491 e. The molecule has 0 bridgehead atoms. The van der Waals surface area contributed by atoms with E-state index in [1.807, 2.05) is 0 Å². The first-order valence-electron chi connectivity index (χ1n) is 5.76. The van der Waals surface area contributed by atoms with Crippen molar-refractivity contribution in [2.45, 2.75) is 5.92 Å². The minimum Gasteiger partial charge on any atom is -0.491 e. The third kappa shape index (κ3) is 3.31. The molecule has 4 N–H and O–H groups in total. The maximum Gasteiger partial charge on any atom is 0.299 e. The van der Waals surface area contributed by atoms with E-state index >= 15 is 0 Å². The van der Waals surface area contributed by atoms with Crippen LogP contribution in [0, 0.1) is 0 Å². The molecule has 0 atom stereocenters. The molecule has 1 aromatic rings. The first kappa shape index (κ1) is 13.5. The normalized spacial score (nSPS) is 19.6. The van der Waals surface area contributed by atoms with Gasteiger partial charge in [-0.3, -0.25) is 4.99 Å². The second-order valence-corrected chi connectivity index (χ2v) is 4.17. The van der Waals surface area contributed by atoms with E-state index in [0.717, 1.165) is 0 Å². The summed E-state index contributed by atoms with van der Waals surface area (Å²) in [7, 11) is 0. The van der Waals surface area contributed by atoms with Crippen LogP contribution in [0.25, 0.3) is 0 Å². The first-order chi connectivity index (χ1) is 8.99. The van der Waals surface area contributed by atoms with Crippen molar-refractivity contribution in [2.24, 2.45) is 10.7 Å². The standard InChI is InChI=1S/C12H15F2N3O2/c13-12(14)7-18-6-11(16)17-3-4-19-10-2-1-8(15)5-9(10)12/h1-2,5H,3-4,6-7,15H2,(H2,16,17). The lowest BCUT2D eigenvalue weighted by molar-refractivity contribution is -0.0764. The number of nitrogen functional groups attached to an aromatic ring is 1. The number of benzene rings is 1. The lowest BCUT2D eigenvalue weighted by Crippen LogP contribution is -2.26. The SMILES string of the molecule is NC1=NCCOc2ccc(N)cc2C(F)(F)COC1. The average molecular weight is 271 g/mol. The van der Waals surface area contributed by atoms with Crippen molar-refractivity contribution < 1.29 is 18.3 Å². The second kappa shape index (κ2) is 5.40. The predicted molar refractivity (Wildman–Crippen MR) is 67.6 cm³/mol. The van der Waals surface area contributed by atoms with Gasteiger partial charge in [-0.1, -0.05) is 0 Å². The van der Waals surface area contributed by atoms with Crippen molar-refractivity contribution in [1.82, 2.24) is 0 Å². The van der Waals surface area contributed by atoms with Crippen molar-refractivity contribution in [3.05, 3.63) is 23.8 Å². The molecule has 5 nitrogen and oxygen atoms in total. The zero-order chi connectivity index (χ0) is 13.9. The molecule has 1 heterocycles. The van der Waals surface area contributed by atoms with Crippen LogP contribution in [0.2, 0.25) is 0 Å². The summed E-state index contributed by atoms with van der Waals surface area (Å²) in [6.45, 7) is -0.492. The molecular weight excluding hydrogens is 256 g/mol. The minimum atomic E-state index is -3.20. The van der Waals surface area contributed by atoms with Gasteiger partial charge >= 0.3 is 0 Å². The van der Waals surface area contributed by atoms with Gasteiger partial charge in [0.1, 0.15) is 31.4 Å². The summed E-state index contributed by atoms with van der Waals surface area (Å²) in [5.74, 6) is -2.95. The van der Waals surface area contributed by atoms with Crippen LogP contribution in [0.1, 0.15) is 5.56 Å². The third-order valence-electron chi connectivity index (χ3n) is 2.59. The molecule has 0 saturated carbocycles. The Kier molecular flexibility index (Phi) is 3.84. The van der Waals surface area contributed by atoms with Crippen molar-refractivity contribution in [2.75, 3.05) is 32.1 Å².